The van der Waals surface area contributed by atoms with Crippen LogP contribution >= 0.6 is 0 Å². The molecule has 2 aromatic carbocycles. The van der Waals surface area contributed by atoms with Crippen LogP contribution in [0, 0.1) is 11.6 Å². The van der Waals surface area contributed by atoms with Crippen molar-refractivity contribution in [2.24, 2.45) is 0 Å². The summed E-state index contributed by atoms with van der Waals surface area (Å²) in [5.74, 6) is -1.78. The number of nitrogens with one attached hydrogen (secondary N) is 1. The monoisotopic (exact) mass is 439 g/mol. The van der Waals surface area contributed by atoms with Crippen LogP contribution in [0.15, 0.2) is 47.4 Å². The van der Waals surface area contributed by atoms with Gasteiger partial charge in [0.15, 0.2) is 11.6 Å². The van der Waals surface area contributed by atoms with E-state index in [9.17, 15) is 22.0 Å². The van der Waals surface area contributed by atoms with E-state index in [1.54, 1.807) is 12.0 Å². The van der Waals surface area contributed by atoms with Crippen LogP contribution in [0.2, 0.25) is 0 Å². The fraction of sp³-hybridized carbons (Fsp3) is 0.350. The Morgan fingerprint density at radius 3 is 2.47 bits per heavy atom. The van der Waals surface area contributed by atoms with Gasteiger partial charge >= 0.3 is 0 Å². The Balaban J connectivity index is 1.48. The summed E-state index contributed by atoms with van der Waals surface area (Å²) in [5, 5.41) is 0. The van der Waals surface area contributed by atoms with Crippen molar-refractivity contribution in [1.29, 1.82) is 0 Å². The number of amides is 1. The Labute approximate surface area is 174 Å². The fourth-order valence-corrected chi connectivity index (χ4v) is 4.24. The van der Waals surface area contributed by atoms with E-state index < -0.39 is 21.7 Å². The van der Waals surface area contributed by atoms with Crippen molar-refractivity contribution in [2.75, 3.05) is 44.7 Å². The molecule has 1 N–H and O–H groups in total. The average molecular weight is 439 g/mol. The molecule has 162 valence electrons. The van der Waals surface area contributed by atoms with Crippen LogP contribution in [0.1, 0.15) is 6.42 Å². The fourth-order valence-electron chi connectivity index (χ4n) is 3.20. The molecule has 1 aliphatic heterocycles. The second kappa shape index (κ2) is 9.40. The zero-order valence-corrected chi connectivity index (χ0v) is 17.3. The standard InChI is InChI=1S/C20H23F2N3O4S/c1-29-16-4-2-3-15(13-16)24-9-11-25(12-10-24)20(26)7-8-23-30(27,28)17-5-6-18(21)19(22)14-17/h2-6,13-14,23H,7-12H2,1H3. The van der Waals surface area contributed by atoms with Gasteiger partial charge in [0, 0.05) is 50.9 Å². The summed E-state index contributed by atoms with van der Waals surface area (Å²) in [4.78, 5) is 15.9. The van der Waals surface area contributed by atoms with Gasteiger partial charge in [0.05, 0.1) is 12.0 Å². The van der Waals surface area contributed by atoms with Gasteiger partial charge in [-0.3, -0.25) is 4.79 Å². The molecule has 1 aliphatic rings. The van der Waals surface area contributed by atoms with Gasteiger partial charge in [-0.15, -0.1) is 0 Å². The van der Waals surface area contributed by atoms with Gasteiger partial charge in [-0.2, -0.15) is 0 Å². The van der Waals surface area contributed by atoms with Gasteiger partial charge in [0.25, 0.3) is 0 Å². The molecular formula is C20H23F2N3O4S. The maximum Gasteiger partial charge on any atom is 0.240 e. The molecule has 1 saturated heterocycles. The van der Waals surface area contributed by atoms with Gasteiger partial charge < -0.3 is 14.5 Å². The van der Waals surface area contributed by atoms with Crippen molar-refractivity contribution >= 4 is 21.6 Å². The number of hydrogen-bond donors (Lipinski definition) is 1. The van der Waals surface area contributed by atoms with Crippen LogP contribution in [0.3, 0.4) is 0 Å². The lowest BCUT2D eigenvalue weighted by molar-refractivity contribution is -0.131. The van der Waals surface area contributed by atoms with Crippen LogP contribution in [-0.2, 0) is 14.8 Å². The molecule has 0 atom stereocenters. The maximum absolute atomic E-state index is 13.3. The third kappa shape index (κ3) is 5.25. The minimum Gasteiger partial charge on any atom is -0.497 e. The van der Waals surface area contributed by atoms with Gasteiger partial charge in [0.2, 0.25) is 15.9 Å². The smallest absolute Gasteiger partial charge is 0.240 e. The minimum atomic E-state index is -4.02. The summed E-state index contributed by atoms with van der Waals surface area (Å²) in [5.41, 5.74) is 1.01. The normalized spacial score (nSPS) is 14.6. The number of anilines is 1. The van der Waals surface area contributed by atoms with Gasteiger partial charge in [-0.1, -0.05) is 6.07 Å². The largest absolute Gasteiger partial charge is 0.497 e. The molecule has 3 rings (SSSR count). The molecule has 0 spiro atoms. The zero-order valence-electron chi connectivity index (χ0n) is 16.5. The zero-order chi connectivity index (χ0) is 21.7. The van der Waals surface area contributed by atoms with Gasteiger partial charge in [0.1, 0.15) is 5.75 Å². The molecule has 0 aliphatic carbocycles. The number of rotatable bonds is 7. The van der Waals surface area contributed by atoms with Crippen LogP contribution in [0.4, 0.5) is 14.5 Å². The molecule has 1 amide bonds. The first-order chi connectivity index (χ1) is 14.3. The molecule has 7 nitrogen and oxygen atoms in total. The quantitative estimate of drug-likeness (QED) is 0.714. The lowest BCUT2D eigenvalue weighted by Crippen LogP contribution is -2.49. The summed E-state index contributed by atoms with van der Waals surface area (Å²) in [6, 6.07) is 10.0. The average Bonchev–Trinajstić information content (AvgIpc) is 2.75. The molecule has 0 radical (unpaired) electrons. The highest BCUT2D eigenvalue weighted by molar-refractivity contribution is 7.89. The second-order valence-electron chi connectivity index (χ2n) is 6.79. The van der Waals surface area contributed by atoms with E-state index >= 15 is 0 Å². The van der Waals surface area contributed by atoms with E-state index in [1.807, 2.05) is 24.3 Å². The Morgan fingerprint density at radius 2 is 1.80 bits per heavy atom. The van der Waals surface area contributed by atoms with Crippen LogP contribution in [-0.4, -0.2) is 59.1 Å². The molecule has 0 saturated carbocycles. The molecule has 0 unspecified atom stereocenters. The highest BCUT2D eigenvalue weighted by Gasteiger charge is 2.22. The highest BCUT2D eigenvalue weighted by Crippen LogP contribution is 2.22. The van der Waals surface area contributed by atoms with Crippen molar-refractivity contribution < 1.29 is 26.7 Å². The van der Waals surface area contributed by atoms with Crippen LogP contribution < -0.4 is 14.4 Å². The number of methoxy groups -OCH3 is 1. The van der Waals surface area contributed by atoms with Crippen LogP contribution in [0.25, 0.3) is 0 Å². The first kappa shape index (κ1) is 22.0. The van der Waals surface area contributed by atoms with Gasteiger partial charge in [-0.25, -0.2) is 21.9 Å². The number of benzene rings is 2. The minimum absolute atomic E-state index is 0.0257. The molecule has 1 fully saturated rings. The number of nitrogens with zero attached hydrogens (tertiary/aromatic N) is 2. The molecule has 30 heavy (non-hydrogen) atoms. The summed E-state index contributed by atoms with van der Waals surface area (Å²) in [7, 11) is -2.42. The summed E-state index contributed by atoms with van der Waals surface area (Å²) in [6.45, 7) is 2.22. The van der Waals surface area contributed by atoms with Crippen molar-refractivity contribution in [3.8, 4) is 5.75 Å². The number of carbonyl (C=O) groups is 1. The topological polar surface area (TPSA) is 79.0 Å². The highest BCUT2D eigenvalue weighted by atomic mass is 32.2. The van der Waals surface area contributed by atoms with E-state index in [1.165, 1.54) is 0 Å². The van der Waals surface area contributed by atoms with E-state index in [0.29, 0.717) is 32.2 Å². The van der Waals surface area contributed by atoms with E-state index in [0.717, 1.165) is 23.6 Å². The predicted octanol–water partition coefficient (Wildman–Crippen LogP) is 1.99. The molecule has 0 aromatic heterocycles. The summed E-state index contributed by atoms with van der Waals surface area (Å²) < 4.78 is 58.0. The molecule has 0 bridgehead atoms. The molecule has 10 heteroatoms. The molecule has 1 heterocycles. The summed E-state index contributed by atoms with van der Waals surface area (Å²) in [6.07, 6.45) is -0.0257. The van der Waals surface area contributed by atoms with Crippen LogP contribution in [0.5, 0.6) is 5.75 Å². The maximum atomic E-state index is 13.3. The number of piperazine rings is 1. The number of halogens is 2. The van der Waals surface area contributed by atoms with Gasteiger partial charge in [-0.05, 0) is 30.3 Å². The second-order valence-corrected chi connectivity index (χ2v) is 8.56. The lowest BCUT2D eigenvalue weighted by Gasteiger charge is -2.36. The van der Waals surface area contributed by atoms with E-state index in [4.69, 9.17) is 4.74 Å². The van der Waals surface area contributed by atoms with E-state index in [2.05, 4.69) is 9.62 Å². The van der Waals surface area contributed by atoms with Crippen molar-refractivity contribution in [3.05, 3.63) is 54.1 Å². The third-order valence-corrected chi connectivity index (χ3v) is 6.34. The predicted molar refractivity (Wildman–Crippen MR) is 108 cm³/mol. The Morgan fingerprint density at radius 1 is 1.07 bits per heavy atom. The Kier molecular flexibility index (Phi) is 6.88. The lowest BCUT2D eigenvalue weighted by atomic mass is 10.2. The van der Waals surface area contributed by atoms with Crippen molar-refractivity contribution in [2.45, 2.75) is 11.3 Å². The Hall–Kier alpha value is -2.72. The number of carbonyl (C=O) groups excluding carboxylic acids is 1. The molecular weight excluding hydrogens is 416 g/mol. The summed E-state index contributed by atoms with van der Waals surface area (Å²) >= 11 is 0. The molecule has 2 aromatic rings. The van der Waals surface area contributed by atoms with E-state index in [-0.39, 0.29) is 23.8 Å². The first-order valence-corrected chi connectivity index (χ1v) is 10.9. The number of hydrogen-bond acceptors (Lipinski definition) is 5. The number of ether oxygens (including phenoxy) is 1. The van der Waals surface area contributed by atoms with Crippen molar-refractivity contribution in [3.63, 3.8) is 0 Å². The first-order valence-electron chi connectivity index (χ1n) is 9.41. The van der Waals surface area contributed by atoms with Crippen molar-refractivity contribution in [1.82, 2.24) is 9.62 Å². The third-order valence-electron chi connectivity index (χ3n) is 4.88. The number of sulfonamides is 1. The Bertz CT molecular complexity index is 1010. The SMILES string of the molecule is COc1cccc(N2CCN(C(=O)CCNS(=O)(=O)c3ccc(F)c(F)c3)CC2)c1.